The smallest absolute Gasteiger partial charge is 0.0577 e. The fraction of sp³-hybridized carbons (Fsp3) is 1.00. The van der Waals surface area contributed by atoms with E-state index in [1.165, 1.54) is 12.8 Å². The summed E-state index contributed by atoms with van der Waals surface area (Å²) in [7, 11) is 0.946. The second-order valence-corrected chi connectivity index (χ2v) is 5.49. The summed E-state index contributed by atoms with van der Waals surface area (Å²) >= 11 is 0. The van der Waals surface area contributed by atoms with Gasteiger partial charge in [-0.15, -0.1) is 0 Å². The minimum Gasteiger partial charge on any atom is -0.384 e. The van der Waals surface area contributed by atoms with Crippen LogP contribution in [-0.4, -0.2) is 41.5 Å². The van der Waals surface area contributed by atoms with Gasteiger partial charge in [0.1, 0.15) is 0 Å². The topological polar surface area (TPSA) is 38.3 Å². The molecule has 4 heteroatoms. The summed E-state index contributed by atoms with van der Waals surface area (Å²) in [5, 5.41) is 3.77. The Bertz CT molecular complexity index is 187. The van der Waals surface area contributed by atoms with Crippen molar-refractivity contribution in [2.75, 3.05) is 26.0 Å². The number of hydrogen-bond acceptors (Lipinski definition) is 3. The van der Waals surface area contributed by atoms with E-state index in [0.717, 1.165) is 13.0 Å². The average molecular weight is 219 g/mol. The molecule has 0 aromatic rings. The average Bonchev–Trinajstić information content (AvgIpc) is 2.63. The van der Waals surface area contributed by atoms with Gasteiger partial charge in [-0.1, -0.05) is 13.3 Å². The lowest BCUT2D eigenvalue weighted by Gasteiger charge is -2.19. The van der Waals surface area contributed by atoms with E-state index in [1.54, 1.807) is 7.11 Å². The highest BCUT2D eigenvalue weighted by Gasteiger charge is 2.30. The third-order valence-electron chi connectivity index (χ3n) is 2.75. The lowest BCUT2D eigenvalue weighted by molar-refractivity contribution is 0.217. The lowest BCUT2D eigenvalue weighted by atomic mass is 10.2. The Labute approximate surface area is 89.1 Å². The molecular weight excluding hydrogens is 198 g/mol. The maximum absolute atomic E-state index is 11.9. The maximum atomic E-state index is 11.9. The van der Waals surface area contributed by atoms with E-state index in [2.05, 4.69) is 12.2 Å². The summed E-state index contributed by atoms with van der Waals surface area (Å²) < 4.78 is 16.8. The number of rotatable bonds is 6. The first-order valence-corrected chi connectivity index (χ1v) is 6.77. The van der Waals surface area contributed by atoms with E-state index >= 15 is 0 Å². The zero-order valence-electron chi connectivity index (χ0n) is 9.12. The molecular formula is C10H21NO2S. The van der Waals surface area contributed by atoms with Crippen molar-refractivity contribution >= 4 is 10.8 Å². The third kappa shape index (κ3) is 3.33. The van der Waals surface area contributed by atoms with E-state index in [-0.39, 0.29) is 0 Å². The maximum Gasteiger partial charge on any atom is 0.0577 e. The van der Waals surface area contributed by atoms with Crippen molar-refractivity contribution in [1.82, 2.24) is 5.32 Å². The molecule has 14 heavy (non-hydrogen) atoms. The van der Waals surface area contributed by atoms with Gasteiger partial charge >= 0.3 is 0 Å². The molecule has 0 aliphatic heterocycles. The van der Waals surface area contributed by atoms with Crippen LogP contribution in [0.3, 0.4) is 0 Å². The van der Waals surface area contributed by atoms with Gasteiger partial charge < -0.3 is 10.1 Å². The molecule has 0 heterocycles. The standard InChI is InChI=1S/C10H21NO2S/c1-3-11-9-5-4-6-10(9)14(12)8-7-13-2/h9-11H,3-8H2,1-2H3. The van der Waals surface area contributed by atoms with Crippen molar-refractivity contribution < 1.29 is 8.95 Å². The molecule has 0 saturated heterocycles. The molecule has 84 valence electrons. The Balaban J connectivity index is 2.36. The van der Waals surface area contributed by atoms with Crippen LogP contribution in [0.15, 0.2) is 0 Å². The summed E-state index contributed by atoms with van der Waals surface area (Å²) in [5.41, 5.74) is 0. The van der Waals surface area contributed by atoms with Crippen LogP contribution < -0.4 is 5.32 Å². The summed E-state index contributed by atoms with van der Waals surface area (Å²) in [5.74, 6) is 0.684. The van der Waals surface area contributed by atoms with Gasteiger partial charge in [0.05, 0.1) is 11.9 Å². The number of ether oxygens (including phenoxy) is 1. The summed E-state index contributed by atoms with van der Waals surface area (Å²) in [6.45, 7) is 3.69. The first-order chi connectivity index (χ1) is 6.79. The summed E-state index contributed by atoms with van der Waals surface area (Å²) in [4.78, 5) is 0. The Morgan fingerprint density at radius 2 is 2.29 bits per heavy atom. The molecule has 1 fully saturated rings. The summed E-state index contributed by atoms with van der Waals surface area (Å²) in [6.07, 6.45) is 3.49. The SMILES string of the molecule is CCNC1CCCC1S(=O)CCOC. The van der Waals surface area contributed by atoms with Gasteiger partial charge in [0.15, 0.2) is 0 Å². The lowest BCUT2D eigenvalue weighted by Crippen LogP contribution is -2.39. The fourth-order valence-corrected chi connectivity index (χ4v) is 3.72. The van der Waals surface area contributed by atoms with Crippen LogP contribution in [0.2, 0.25) is 0 Å². The van der Waals surface area contributed by atoms with Gasteiger partial charge in [-0.05, 0) is 19.4 Å². The van der Waals surface area contributed by atoms with Gasteiger partial charge in [0, 0.05) is 29.7 Å². The quantitative estimate of drug-likeness (QED) is 0.722. The van der Waals surface area contributed by atoms with E-state index in [9.17, 15) is 4.21 Å². The van der Waals surface area contributed by atoms with Crippen molar-refractivity contribution in [3.05, 3.63) is 0 Å². The summed E-state index contributed by atoms with van der Waals surface area (Å²) in [6, 6.07) is 0.470. The van der Waals surface area contributed by atoms with Crippen LogP contribution in [0.5, 0.6) is 0 Å². The highest BCUT2D eigenvalue weighted by atomic mass is 32.2. The molecule has 3 atom stereocenters. The van der Waals surface area contributed by atoms with E-state index in [0.29, 0.717) is 23.7 Å². The highest BCUT2D eigenvalue weighted by molar-refractivity contribution is 7.85. The molecule has 1 aliphatic carbocycles. The molecule has 0 bridgehead atoms. The highest BCUT2D eigenvalue weighted by Crippen LogP contribution is 2.23. The van der Waals surface area contributed by atoms with Gasteiger partial charge in [-0.2, -0.15) is 0 Å². The zero-order valence-corrected chi connectivity index (χ0v) is 9.94. The molecule has 3 unspecified atom stereocenters. The van der Waals surface area contributed by atoms with Crippen molar-refractivity contribution in [2.24, 2.45) is 0 Å². The van der Waals surface area contributed by atoms with Gasteiger partial charge in [-0.3, -0.25) is 4.21 Å². The zero-order chi connectivity index (χ0) is 10.4. The Morgan fingerprint density at radius 3 is 2.93 bits per heavy atom. The molecule has 0 aromatic heterocycles. The van der Waals surface area contributed by atoms with Crippen molar-refractivity contribution in [2.45, 2.75) is 37.5 Å². The second kappa shape index (κ2) is 6.53. The predicted octanol–water partition coefficient (Wildman–Crippen LogP) is 0.912. The van der Waals surface area contributed by atoms with Crippen molar-refractivity contribution in [3.63, 3.8) is 0 Å². The molecule has 0 radical (unpaired) electrons. The number of hydrogen-bond donors (Lipinski definition) is 1. The number of nitrogens with one attached hydrogen (secondary N) is 1. The number of methoxy groups -OCH3 is 1. The van der Waals surface area contributed by atoms with Crippen LogP contribution >= 0.6 is 0 Å². The third-order valence-corrected chi connectivity index (χ3v) is 4.55. The largest absolute Gasteiger partial charge is 0.384 e. The van der Waals surface area contributed by atoms with Crippen LogP contribution in [0.1, 0.15) is 26.2 Å². The predicted molar refractivity (Wildman–Crippen MR) is 60.0 cm³/mol. The minimum absolute atomic E-state index is 0.352. The van der Waals surface area contributed by atoms with Crippen LogP contribution in [0.4, 0.5) is 0 Å². The first kappa shape index (κ1) is 12.1. The molecule has 1 saturated carbocycles. The van der Waals surface area contributed by atoms with E-state index in [1.807, 2.05) is 0 Å². The Morgan fingerprint density at radius 1 is 1.50 bits per heavy atom. The van der Waals surface area contributed by atoms with E-state index < -0.39 is 10.8 Å². The molecule has 3 nitrogen and oxygen atoms in total. The van der Waals surface area contributed by atoms with E-state index in [4.69, 9.17) is 4.74 Å². The molecule has 0 aromatic carbocycles. The Kier molecular flexibility index (Phi) is 5.67. The van der Waals surface area contributed by atoms with Crippen molar-refractivity contribution in [3.8, 4) is 0 Å². The molecule has 0 spiro atoms. The molecule has 1 N–H and O–H groups in total. The monoisotopic (exact) mass is 219 g/mol. The minimum atomic E-state index is -0.714. The normalized spacial score (nSPS) is 29.3. The van der Waals surface area contributed by atoms with Gasteiger partial charge in [0.2, 0.25) is 0 Å². The van der Waals surface area contributed by atoms with Crippen LogP contribution in [-0.2, 0) is 15.5 Å². The fourth-order valence-electron chi connectivity index (χ4n) is 2.05. The Hall–Kier alpha value is 0.0700. The first-order valence-electron chi connectivity index (χ1n) is 5.39. The van der Waals surface area contributed by atoms with Crippen LogP contribution in [0.25, 0.3) is 0 Å². The molecule has 0 amide bonds. The second-order valence-electron chi connectivity index (χ2n) is 3.71. The molecule has 1 aliphatic rings. The van der Waals surface area contributed by atoms with Crippen LogP contribution in [0, 0.1) is 0 Å². The molecule has 1 rings (SSSR count). The van der Waals surface area contributed by atoms with Gasteiger partial charge in [0.25, 0.3) is 0 Å². The van der Waals surface area contributed by atoms with Gasteiger partial charge in [-0.25, -0.2) is 0 Å². The van der Waals surface area contributed by atoms with Crippen molar-refractivity contribution in [1.29, 1.82) is 0 Å².